The molecule has 1 heterocycles. The second-order valence-corrected chi connectivity index (χ2v) is 4.98. The van der Waals surface area contributed by atoms with Crippen LogP contribution in [-0.4, -0.2) is 15.6 Å². The Kier molecular flexibility index (Phi) is 3.48. The van der Waals surface area contributed by atoms with Crippen LogP contribution < -0.4 is 5.73 Å². The highest BCUT2D eigenvalue weighted by Crippen LogP contribution is 2.13. The summed E-state index contributed by atoms with van der Waals surface area (Å²) in [5.74, 6) is -0.220. The number of rotatable bonds is 4. The van der Waals surface area contributed by atoms with Gasteiger partial charge in [0, 0.05) is 12.6 Å². The number of nitrogens with zero attached hydrogens (tertiary/aromatic N) is 2. The number of aromatic nitrogens is 2. The van der Waals surface area contributed by atoms with Gasteiger partial charge >= 0.3 is 0 Å². The van der Waals surface area contributed by atoms with Crippen molar-refractivity contribution >= 4 is 11.0 Å². The predicted molar refractivity (Wildman–Crippen MR) is 77.8 cm³/mol. The first kappa shape index (κ1) is 12.8. The maximum Gasteiger partial charge on any atom is 0.123 e. The van der Waals surface area contributed by atoms with E-state index in [2.05, 4.69) is 4.98 Å². The lowest BCUT2D eigenvalue weighted by atomic mass is 10.1. The maximum absolute atomic E-state index is 13.1. The topological polar surface area (TPSA) is 43.8 Å². The van der Waals surface area contributed by atoms with Crippen LogP contribution in [0.15, 0.2) is 54.9 Å². The molecule has 0 fully saturated rings. The summed E-state index contributed by atoms with van der Waals surface area (Å²) in [6, 6.07) is 14.5. The molecule has 1 unspecified atom stereocenters. The first-order chi connectivity index (χ1) is 9.72. The molecule has 0 aliphatic carbocycles. The normalized spacial score (nSPS) is 12.7. The second-order valence-electron chi connectivity index (χ2n) is 4.98. The number of fused-ring (bicyclic) bond motifs is 1. The van der Waals surface area contributed by atoms with Gasteiger partial charge in [-0.2, -0.15) is 0 Å². The van der Waals surface area contributed by atoms with Crippen molar-refractivity contribution < 1.29 is 4.39 Å². The van der Waals surface area contributed by atoms with Crippen LogP contribution in [-0.2, 0) is 13.0 Å². The third kappa shape index (κ3) is 2.70. The Morgan fingerprint density at radius 2 is 2.00 bits per heavy atom. The monoisotopic (exact) mass is 269 g/mol. The summed E-state index contributed by atoms with van der Waals surface area (Å²) in [6.07, 6.45) is 2.44. The van der Waals surface area contributed by atoms with Crippen LogP contribution in [0, 0.1) is 5.82 Å². The van der Waals surface area contributed by atoms with Crippen LogP contribution in [0.1, 0.15) is 5.56 Å². The highest BCUT2D eigenvalue weighted by atomic mass is 19.1. The van der Waals surface area contributed by atoms with Gasteiger partial charge in [0.2, 0.25) is 0 Å². The molecular formula is C16H16FN3. The molecule has 0 bridgehead atoms. The van der Waals surface area contributed by atoms with Crippen molar-refractivity contribution in [2.45, 2.75) is 19.0 Å². The van der Waals surface area contributed by atoms with Crippen molar-refractivity contribution in [3.8, 4) is 0 Å². The SMILES string of the molecule is NC(Cc1cccc(F)c1)Cn1cnc2ccccc21. The van der Waals surface area contributed by atoms with E-state index in [0.29, 0.717) is 13.0 Å². The molecule has 0 saturated heterocycles. The van der Waals surface area contributed by atoms with Gasteiger partial charge in [0.15, 0.2) is 0 Å². The molecule has 2 aromatic carbocycles. The molecule has 0 saturated carbocycles. The molecule has 0 spiro atoms. The standard InChI is InChI=1S/C16H16FN3/c17-13-5-3-4-12(8-13)9-14(18)10-20-11-19-15-6-1-2-7-16(15)20/h1-8,11,14H,9-10,18H2. The van der Waals surface area contributed by atoms with Crippen LogP contribution in [0.4, 0.5) is 4.39 Å². The first-order valence-electron chi connectivity index (χ1n) is 6.62. The van der Waals surface area contributed by atoms with Crippen molar-refractivity contribution in [2.24, 2.45) is 5.73 Å². The largest absolute Gasteiger partial charge is 0.329 e. The van der Waals surface area contributed by atoms with Gasteiger partial charge in [0.05, 0.1) is 17.4 Å². The van der Waals surface area contributed by atoms with Gasteiger partial charge in [-0.25, -0.2) is 9.37 Å². The fourth-order valence-electron chi connectivity index (χ4n) is 2.44. The number of para-hydroxylation sites is 2. The van der Waals surface area contributed by atoms with Crippen LogP contribution in [0.2, 0.25) is 0 Å². The zero-order valence-electron chi connectivity index (χ0n) is 11.0. The molecule has 4 heteroatoms. The number of imidazole rings is 1. The highest BCUT2D eigenvalue weighted by Gasteiger charge is 2.08. The summed E-state index contributed by atoms with van der Waals surface area (Å²) < 4.78 is 15.2. The Labute approximate surface area is 116 Å². The number of halogens is 1. The van der Waals surface area contributed by atoms with Crippen LogP contribution in [0.3, 0.4) is 0 Å². The van der Waals surface area contributed by atoms with Gasteiger partial charge < -0.3 is 10.3 Å². The summed E-state index contributed by atoms with van der Waals surface area (Å²) in [7, 11) is 0. The van der Waals surface area contributed by atoms with Crippen molar-refractivity contribution in [2.75, 3.05) is 0 Å². The van der Waals surface area contributed by atoms with Gasteiger partial charge in [0.25, 0.3) is 0 Å². The molecule has 3 nitrogen and oxygen atoms in total. The lowest BCUT2D eigenvalue weighted by Crippen LogP contribution is -2.28. The zero-order chi connectivity index (χ0) is 13.9. The molecule has 2 N–H and O–H groups in total. The van der Waals surface area contributed by atoms with Gasteiger partial charge in [0.1, 0.15) is 5.82 Å². The molecule has 3 aromatic rings. The molecule has 0 amide bonds. The first-order valence-corrected chi connectivity index (χ1v) is 6.62. The summed E-state index contributed by atoms with van der Waals surface area (Å²) in [4.78, 5) is 4.34. The van der Waals surface area contributed by atoms with E-state index in [1.54, 1.807) is 12.4 Å². The minimum absolute atomic E-state index is 0.0746. The van der Waals surface area contributed by atoms with Crippen LogP contribution >= 0.6 is 0 Å². The van der Waals surface area contributed by atoms with Gasteiger partial charge in [-0.05, 0) is 36.2 Å². The van der Waals surface area contributed by atoms with E-state index < -0.39 is 0 Å². The summed E-state index contributed by atoms with van der Waals surface area (Å²) in [6.45, 7) is 0.664. The molecule has 1 atom stereocenters. The smallest absolute Gasteiger partial charge is 0.123 e. The summed E-state index contributed by atoms with van der Waals surface area (Å²) >= 11 is 0. The van der Waals surface area contributed by atoms with Crippen molar-refractivity contribution in [1.29, 1.82) is 0 Å². The molecule has 0 aliphatic heterocycles. The molecular weight excluding hydrogens is 253 g/mol. The molecule has 0 radical (unpaired) electrons. The van der Waals surface area contributed by atoms with Crippen molar-refractivity contribution in [1.82, 2.24) is 9.55 Å². The average Bonchev–Trinajstić information content (AvgIpc) is 2.82. The molecule has 102 valence electrons. The minimum atomic E-state index is -0.220. The van der Waals surface area contributed by atoms with Crippen LogP contribution in [0.5, 0.6) is 0 Å². The Balaban J connectivity index is 1.74. The van der Waals surface area contributed by atoms with Gasteiger partial charge in [-0.15, -0.1) is 0 Å². The highest BCUT2D eigenvalue weighted by molar-refractivity contribution is 5.74. The molecule has 1 aromatic heterocycles. The van der Waals surface area contributed by atoms with E-state index in [4.69, 9.17) is 5.73 Å². The zero-order valence-corrected chi connectivity index (χ0v) is 11.0. The molecule has 0 aliphatic rings. The Hall–Kier alpha value is -2.20. The van der Waals surface area contributed by atoms with E-state index in [1.807, 2.05) is 34.9 Å². The maximum atomic E-state index is 13.1. The minimum Gasteiger partial charge on any atom is -0.329 e. The third-order valence-electron chi connectivity index (χ3n) is 3.35. The van der Waals surface area contributed by atoms with Gasteiger partial charge in [-0.1, -0.05) is 24.3 Å². The number of benzene rings is 2. The lowest BCUT2D eigenvalue weighted by molar-refractivity contribution is 0.556. The summed E-state index contributed by atoms with van der Waals surface area (Å²) in [5.41, 5.74) is 9.12. The van der Waals surface area contributed by atoms with Crippen molar-refractivity contribution in [3.63, 3.8) is 0 Å². The van der Waals surface area contributed by atoms with E-state index in [9.17, 15) is 4.39 Å². The number of hydrogen-bond donors (Lipinski definition) is 1. The Morgan fingerprint density at radius 3 is 2.85 bits per heavy atom. The Morgan fingerprint density at radius 1 is 1.15 bits per heavy atom. The summed E-state index contributed by atoms with van der Waals surface area (Å²) in [5, 5.41) is 0. The van der Waals surface area contributed by atoms with Gasteiger partial charge in [-0.3, -0.25) is 0 Å². The third-order valence-corrected chi connectivity index (χ3v) is 3.35. The Bertz CT molecular complexity index is 720. The molecule has 20 heavy (non-hydrogen) atoms. The van der Waals surface area contributed by atoms with Crippen LogP contribution in [0.25, 0.3) is 11.0 Å². The van der Waals surface area contributed by atoms with E-state index >= 15 is 0 Å². The van der Waals surface area contributed by atoms with E-state index in [-0.39, 0.29) is 11.9 Å². The predicted octanol–water partition coefficient (Wildman–Crippen LogP) is 2.75. The lowest BCUT2D eigenvalue weighted by Gasteiger charge is -2.13. The van der Waals surface area contributed by atoms with E-state index in [0.717, 1.165) is 16.6 Å². The second kappa shape index (κ2) is 5.43. The molecule has 3 rings (SSSR count). The number of nitrogens with two attached hydrogens (primary N) is 1. The van der Waals surface area contributed by atoms with Crippen molar-refractivity contribution in [3.05, 3.63) is 66.2 Å². The average molecular weight is 269 g/mol. The van der Waals surface area contributed by atoms with E-state index in [1.165, 1.54) is 12.1 Å². The number of hydrogen-bond acceptors (Lipinski definition) is 2. The quantitative estimate of drug-likeness (QED) is 0.791. The fourth-order valence-corrected chi connectivity index (χ4v) is 2.44. The fraction of sp³-hybridized carbons (Fsp3) is 0.188.